The van der Waals surface area contributed by atoms with Crippen LogP contribution >= 0.6 is 11.3 Å². The van der Waals surface area contributed by atoms with Crippen molar-refractivity contribution in [1.82, 2.24) is 15.2 Å². The highest BCUT2D eigenvalue weighted by Crippen LogP contribution is 2.21. The van der Waals surface area contributed by atoms with Gasteiger partial charge in [0.1, 0.15) is 5.01 Å². The summed E-state index contributed by atoms with van der Waals surface area (Å²) >= 11 is 1.73. The third kappa shape index (κ3) is 4.58. The first-order valence-electron chi connectivity index (χ1n) is 8.74. The number of hydrogen-bond acceptors (Lipinski definition) is 5. The molecule has 1 amide bonds. The van der Waals surface area contributed by atoms with Gasteiger partial charge < -0.3 is 15.1 Å². The largest absolute Gasteiger partial charge is 0.371 e. The smallest absolute Gasteiger partial charge is 0.253 e. The first-order chi connectivity index (χ1) is 12.0. The van der Waals surface area contributed by atoms with Crippen LogP contribution < -0.4 is 10.2 Å². The zero-order chi connectivity index (χ0) is 17.8. The first-order valence-corrected chi connectivity index (χ1v) is 9.62. The molecule has 1 fully saturated rings. The van der Waals surface area contributed by atoms with Crippen molar-refractivity contribution in [3.8, 4) is 0 Å². The standard InChI is InChI=1S/C19H26N4OS/c1-14-13-25-18(21-14)12-20-16-8-10-23(11-9-16)17-6-4-15(5-7-17)19(24)22(2)3/h4-7,13,16,20H,8-12H2,1-3H3. The van der Waals surface area contributed by atoms with E-state index in [-0.39, 0.29) is 5.91 Å². The van der Waals surface area contributed by atoms with Gasteiger partial charge in [0, 0.05) is 62.1 Å². The number of nitrogens with one attached hydrogen (secondary N) is 1. The quantitative estimate of drug-likeness (QED) is 0.893. The van der Waals surface area contributed by atoms with Crippen LogP contribution in [0.15, 0.2) is 29.6 Å². The van der Waals surface area contributed by atoms with Gasteiger partial charge in [-0.25, -0.2) is 4.98 Å². The maximum Gasteiger partial charge on any atom is 0.253 e. The monoisotopic (exact) mass is 358 g/mol. The fourth-order valence-corrected chi connectivity index (χ4v) is 3.85. The molecule has 0 atom stereocenters. The molecule has 5 nitrogen and oxygen atoms in total. The summed E-state index contributed by atoms with van der Waals surface area (Å²) in [5.74, 6) is 0.0480. The van der Waals surface area contributed by atoms with Crippen molar-refractivity contribution in [2.45, 2.75) is 32.4 Å². The molecule has 134 valence electrons. The zero-order valence-electron chi connectivity index (χ0n) is 15.2. The molecular formula is C19H26N4OS. The van der Waals surface area contributed by atoms with Crippen LogP contribution in [0, 0.1) is 6.92 Å². The second kappa shape index (κ2) is 7.97. The molecule has 25 heavy (non-hydrogen) atoms. The van der Waals surface area contributed by atoms with Crippen molar-refractivity contribution in [3.05, 3.63) is 45.9 Å². The second-order valence-electron chi connectivity index (χ2n) is 6.77. The number of aromatic nitrogens is 1. The minimum Gasteiger partial charge on any atom is -0.371 e. The summed E-state index contributed by atoms with van der Waals surface area (Å²) in [6.45, 7) is 4.98. The highest BCUT2D eigenvalue weighted by Gasteiger charge is 2.19. The summed E-state index contributed by atoms with van der Waals surface area (Å²) in [6, 6.07) is 8.51. The molecule has 1 aromatic heterocycles. The number of amides is 1. The summed E-state index contributed by atoms with van der Waals surface area (Å²) in [7, 11) is 3.56. The van der Waals surface area contributed by atoms with Gasteiger partial charge in [-0.1, -0.05) is 0 Å². The number of aryl methyl sites for hydroxylation is 1. The van der Waals surface area contributed by atoms with Gasteiger partial charge in [-0.15, -0.1) is 11.3 Å². The molecule has 2 aromatic rings. The van der Waals surface area contributed by atoms with Gasteiger partial charge >= 0.3 is 0 Å². The van der Waals surface area contributed by atoms with Gasteiger partial charge in [0.05, 0.1) is 0 Å². The fourth-order valence-electron chi connectivity index (χ4n) is 3.13. The Balaban J connectivity index is 1.49. The number of anilines is 1. The molecule has 0 radical (unpaired) electrons. The molecule has 0 unspecified atom stereocenters. The normalized spacial score (nSPS) is 15.4. The topological polar surface area (TPSA) is 48.5 Å². The predicted molar refractivity (Wildman–Crippen MR) is 103 cm³/mol. The molecule has 1 N–H and O–H groups in total. The molecule has 0 aliphatic carbocycles. The molecule has 1 saturated heterocycles. The van der Waals surface area contributed by atoms with Crippen LogP contribution in [0.2, 0.25) is 0 Å². The van der Waals surface area contributed by atoms with E-state index in [9.17, 15) is 4.79 Å². The summed E-state index contributed by atoms with van der Waals surface area (Å²) in [5, 5.41) is 6.90. The molecule has 6 heteroatoms. The maximum atomic E-state index is 12.0. The van der Waals surface area contributed by atoms with Crippen molar-refractivity contribution in [3.63, 3.8) is 0 Å². The molecule has 2 heterocycles. The molecule has 1 aliphatic rings. The number of piperidine rings is 1. The van der Waals surface area contributed by atoms with E-state index in [2.05, 4.69) is 32.7 Å². The van der Waals surface area contributed by atoms with Gasteiger partial charge in [-0.3, -0.25) is 4.79 Å². The van der Waals surface area contributed by atoms with Gasteiger partial charge in [0.25, 0.3) is 5.91 Å². The van der Waals surface area contributed by atoms with Gasteiger partial charge in [-0.05, 0) is 44.0 Å². The summed E-state index contributed by atoms with van der Waals surface area (Å²) in [6.07, 6.45) is 2.26. The van der Waals surface area contributed by atoms with Gasteiger partial charge in [-0.2, -0.15) is 0 Å². The van der Waals surface area contributed by atoms with Crippen molar-refractivity contribution in [1.29, 1.82) is 0 Å². The third-order valence-corrected chi connectivity index (χ3v) is 5.56. The third-order valence-electron chi connectivity index (χ3n) is 4.59. The lowest BCUT2D eigenvalue weighted by atomic mass is 10.0. The van der Waals surface area contributed by atoms with E-state index in [1.165, 1.54) is 10.7 Å². The molecule has 3 rings (SSSR count). The second-order valence-corrected chi connectivity index (χ2v) is 7.71. The number of carbonyl (C=O) groups excluding carboxylic acids is 1. The lowest BCUT2D eigenvalue weighted by molar-refractivity contribution is 0.0827. The van der Waals surface area contributed by atoms with E-state index in [0.29, 0.717) is 6.04 Å². The Morgan fingerprint density at radius 2 is 1.96 bits per heavy atom. The Kier molecular flexibility index (Phi) is 5.71. The lowest BCUT2D eigenvalue weighted by Gasteiger charge is -2.34. The SMILES string of the molecule is Cc1csc(CNC2CCN(c3ccc(C(=O)N(C)C)cc3)CC2)n1. The number of hydrogen-bond donors (Lipinski definition) is 1. The van der Waals surface area contributed by atoms with E-state index in [1.807, 2.05) is 19.1 Å². The number of benzene rings is 1. The zero-order valence-corrected chi connectivity index (χ0v) is 16.0. The number of carbonyl (C=O) groups is 1. The van der Waals surface area contributed by atoms with E-state index >= 15 is 0 Å². The van der Waals surface area contributed by atoms with Crippen molar-refractivity contribution >= 4 is 22.9 Å². The minimum absolute atomic E-state index is 0.0480. The Hall–Kier alpha value is -1.92. The van der Waals surface area contributed by atoms with Crippen molar-refractivity contribution < 1.29 is 4.79 Å². The summed E-state index contributed by atoms with van der Waals surface area (Å²) in [5.41, 5.74) is 3.04. The van der Waals surface area contributed by atoms with Gasteiger partial charge in [0.2, 0.25) is 0 Å². The van der Waals surface area contributed by atoms with Gasteiger partial charge in [0.15, 0.2) is 0 Å². The van der Waals surface area contributed by atoms with E-state index in [1.54, 1.807) is 30.3 Å². The Bertz CT molecular complexity index is 702. The average Bonchev–Trinajstić information content (AvgIpc) is 3.05. The Morgan fingerprint density at radius 3 is 2.52 bits per heavy atom. The molecule has 0 saturated carbocycles. The maximum absolute atomic E-state index is 12.0. The number of thiazole rings is 1. The van der Waals surface area contributed by atoms with E-state index < -0.39 is 0 Å². The van der Waals surface area contributed by atoms with Crippen LogP contribution in [0.1, 0.15) is 33.9 Å². The highest BCUT2D eigenvalue weighted by atomic mass is 32.1. The molecule has 0 spiro atoms. The Morgan fingerprint density at radius 1 is 1.28 bits per heavy atom. The Labute approximate surface area is 153 Å². The van der Waals surface area contributed by atoms with Crippen LogP contribution in [0.4, 0.5) is 5.69 Å². The van der Waals surface area contributed by atoms with Crippen molar-refractivity contribution in [2.75, 3.05) is 32.1 Å². The molecule has 1 aromatic carbocycles. The first kappa shape index (κ1) is 17.9. The van der Waals surface area contributed by atoms with E-state index in [0.717, 1.165) is 43.7 Å². The van der Waals surface area contributed by atoms with Crippen LogP contribution in [0.25, 0.3) is 0 Å². The lowest BCUT2D eigenvalue weighted by Crippen LogP contribution is -2.42. The number of rotatable bonds is 5. The average molecular weight is 359 g/mol. The predicted octanol–water partition coefficient (Wildman–Crippen LogP) is 2.91. The fraction of sp³-hybridized carbons (Fsp3) is 0.474. The van der Waals surface area contributed by atoms with Crippen LogP contribution in [-0.2, 0) is 6.54 Å². The minimum atomic E-state index is 0.0480. The van der Waals surface area contributed by atoms with Crippen LogP contribution in [0.3, 0.4) is 0 Å². The van der Waals surface area contributed by atoms with Crippen LogP contribution in [0.5, 0.6) is 0 Å². The summed E-state index contributed by atoms with van der Waals surface area (Å²) < 4.78 is 0. The molecule has 1 aliphatic heterocycles. The van der Waals surface area contributed by atoms with Crippen molar-refractivity contribution in [2.24, 2.45) is 0 Å². The van der Waals surface area contributed by atoms with Crippen LogP contribution in [-0.4, -0.2) is 49.0 Å². The highest BCUT2D eigenvalue weighted by molar-refractivity contribution is 7.09. The molecule has 0 bridgehead atoms. The molecular weight excluding hydrogens is 332 g/mol. The van der Waals surface area contributed by atoms with E-state index in [4.69, 9.17) is 0 Å². The number of nitrogens with zero attached hydrogens (tertiary/aromatic N) is 3. The summed E-state index contributed by atoms with van der Waals surface area (Å²) in [4.78, 5) is 20.5.